The Labute approximate surface area is 91.6 Å². The van der Waals surface area contributed by atoms with Crippen molar-refractivity contribution >= 4 is 23.2 Å². The lowest BCUT2D eigenvalue weighted by Crippen LogP contribution is -2.15. The predicted molar refractivity (Wildman–Crippen MR) is 45.3 cm³/mol. The highest BCUT2D eigenvalue weighted by molar-refractivity contribution is 6.47. The Bertz CT molecular complexity index is 381. The highest BCUT2D eigenvalue weighted by atomic mass is 35.5. The molecule has 0 N–H and O–H groups in total. The molecular weight excluding hydrogens is 262 g/mol. The van der Waals surface area contributed by atoms with E-state index in [1.165, 1.54) is 0 Å². The minimum absolute atomic E-state index is 0.897. The van der Waals surface area contributed by atoms with E-state index in [-0.39, 0.29) is 0 Å². The van der Waals surface area contributed by atoms with Crippen LogP contribution in [0, 0.1) is 29.1 Å². The molecule has 0 saturated carbocycles. The third-order valence-electron chi connectivity index (χ3n) is 1.65. The van der Waals surface area contributed by atoms with E-state index in [4.69, 9.17) is 23.2 Å². The molecule has 0 aliphatic rings. The molecule has 1 rings (SSSR count). The summed E-state index contributed by atoms with van der Waals surface area (Å²) < 4.78 is 61.7. The summed E-state index contributed by atoms with van der Waals surface area (Å²) in [5.74, 6) is -10.4. The van der Waals surface area contributed by atoms with Crippen molar-refractivity contribution in [2.75, 3.05) is 0 Å². The molecule has 0 spiro atoms. The van der Waals surface area contributed by atoms with Gasteiger partial charge in [-0.3, -0.25) is 0 Å². The van der Waals surface area contributed by atoms with E-state index in [1.807, 2.05) is 0 Å². The van der Waals surface area contributed by atoms with Crippen LogP contribution in [0.15, 0.2) is 0 Å². The van der Waals surface area contributed by atoms with E-state index in [1.54, 1.807) is 0 Å². The summed E-state index contributed by atoms with van der Waals surface area (Å²) in [6, 6.07) is 0. The van der Waals surface area contributed by atoms with E-state index in [2.05, 4.69) is 0 Å². The zero-order valence-electron chi connectivity index (χ0n) is 7.15. The maximum atomic E-state index is 13.0. The van der Waals surface area contributed by atoms with Crippen LogP contribution in [0.25, 0.3) is 0 Å². The molecule has 15 heavy (non-hydrogen) atoms. The zero-order chi connectivity index (χ0) is 12.0. The average Bonchev–Trinajstić information content (AvgIpc) is 2.09. The van der Waals surface area contributed by atoms with E-state index < -0.39 is 39.0 Å². The van der Waals surface area contributed by atoms with Crippen LogP contribution in [0.5, 0.6) is 0 Å². The van der Waals surface area contributed by atoms with Gasteiger partial charge in [0.1, 0.15) is 4.33 Å². The van der Waals surface area contributed by atoms with Crippen molar-refractivity contribution in [1.29, 1.82) is 0 Å². The summed E-state index contributed by atoms with van der Waals surface area (Å²) in [6.45, 7) is 0.897. The first kappa shape index (κ1) is 12.5. The first-order chi connectivity index (χ1) is 6.68. The van der Waals surface area contributed by atoms with Crippen LogP contribution >= 0.6 is 23.2 Å². The van der Waals surface area contributed by atoms with Crippen LogP contribution < -0.4 is 0 Å². The molecule has 0 unspecified atom stereocenters. The van der Waals surface area contributed by atoms with Crippen molar-refractivity contribution in [2.45, 2.75) is 11.3 Å². The first-order valence-electron chi connectivity index (χ1n) is 3.57. The van der Waals surface area contributed by atoms with Gasteiger partial charge in [0.15, 0.2) is 23.3 Å². The molecule has 0 bridgehead atoms. The van der Waals surface area contributed by atoms with Crippen molar-refractivity contribution in [3.63, 3.8) is 0 Å². The summed E-state index contributed by atoms with van der Waals surface area (Å²) in [7, 11) is 0. The standard InChI is InChI=1S/C8H3Cl2F5/c1-8(9,10)2-3(11)5(13)7(15)6(14)4(2)12/h1H3. The molecule has 0 heterocycles. The molecule has 0 fully saturated rings. The van der Waals surface area contributed by atoms with Crippen LogP contribution in [0.2, 0.25) is 0 Å². The molecule has 0 atom stereocenters. The second-order valence-corrected chi connectivity index (χ2v) is 4.54. The van der Waals surface area contributed by atoms with Crippen molar-refractivity contribution in [2.24, 2.45) is 0 Å². The normalized spacial score (nSPS) is 12.0. The van der Waals surface area contributed by atoms with Crippen LogP contribution in [-0.2, 0) is 4.33 Å². The summed E-state index contributed by atoms with van der Waals surface area (Å²) >= 11 is 10.6. The molecule has 84 valence electrons. The monoisotopic (exact) mass is 264 g/mol. The van der Waals surface area contributed by atoms with Gasteiger partial charge >= 0.3 is 0 Å². The highest BCUT2D eigenvalue weighted by Crippen LogP contribution is 2.38. The lowest BCUT2D eigenvalue weighted by Gasteiger charge is -2.16. The lowest BCUT2D eigenvalue weighted by atomic mass is 10.1. The van der Waals surface area contributed by atoms with Gasteiger partial charge in [0.25, 0.3) is 0 Å². The molecule has 0 saturated heterocycles. The second-order valence-electron chi connectivity index (χ2n) is 2.83. The van der Waals surface area contributed by atoms with Gasteiger partial charge < -0.3 is 0 Å². The van der Waals surface area contributed by atoms with Crippen molar-refractivity contribution in [3.05, 3.63) is 34.6 Å². The summed E-state index contributed by atoms with van der Waals surface area (Å²) in [4.78, 5) is 0. The number of halogens is 7. The number of alkyl halides is 2. The van der Waals surface area contributed by atoms with Gasteiger partial charge in [-0.1, -0.05) is 23.2 Å². The first-order valence-corrected chi connectivity index (χ1v) is 4.33. The van der Waals surface area contributed by atoms with Gasteiger partial charge in [-0.05, 0) is 6.92 Å². The van der Waals surface area contributed by atoms with Gasteiger partial charge in [-0.15, -0.1) is 0 Å². The van der Waals surface area contributed by atoms with E-state index in [0.717, 1.165) is 6.92 Å². The molecule has 0 aliphatic carbocycles. The van der Waals surface area contributed by atoms with Gasteiger partial charge in [-0.25, -0.2) is 22.0 Å². The second kappa shape index (κ2) is 3.79. The summed E-state index contributed by atoms with van der Waals surface area (Å²) in [5.41, 5.74) is -1.26. The summed E-state index contributed by atoms with van der Waals surface area (Å²) in [5, 5.41) is 0. The maximum absolute atomic E-state index is 13.0. The topological polar surface area (TPSA) is 0 Å². The quantitative estimate of drug-likeness (QED) is 0.311. The lowest BCUT2D eigenvalue weighted by molar-refractivity contribution is 0.368. The zero-order valence-corrected chi connectivity index (χ0v) is 8.66. The van der Waals surface area contributed by atoms with Crippen LogP contribution in [0.4, 0.5) is 22.0 Å². The third-order valence-corrected chi connectivity index (χ3v) is 2.03. The Kier molecular flexibility index (Phi) is 3.16. The van der Waals surface area contributed by atoms with Crippen LogP contribution in [-0.4, -0.2) is 0 Å². The molecule has 0 aromatic heterocycles. The highest BCUT2D eigenvalue weighted by Gasteiger charge is 2.35. The third kappa shape index (κ3) is 2.03. The van der Waals surface area contributed by atoms with Crippen molar-refractivity contribution < 1.29 is 22.0 Å². The van der Waals surface area contributed by atoms with Gasteiger partial charge in [-0.2, -0.15) is 0 Å². The molecule has 0 nitrogen and oxygen atoms in total. The van der Waals surface area contributed by atoms with E-state index >= 15 is 0 Å². The van der Waals surface area contributed by atoms with Crippen LogP contribution in [0.1, 0.15) is 12.5 Å². The Morgan fingerprint density at radius 3 is 1.27 bits per heavy atom. The SMILES string of the molecule is CC(Cl)(Cl)c1c(F)c(F)c(F)c(F)c1F. The fraction of sp³-hybridized carbons (Fsp3) is 0.250. The molecule has 1 aromatic rings. The number of rotatable bonds is 1. The fourth-order valence-electron chi connectivity index (χ4n) is 0.990. The minimum atomic E-state index is -2.24. The molecule has 0 radical (unpaired) electrons. The smallest absolute Gasteiger partial charge is 0.200 e. The maximum Gasteiger partial charge on any atom is 0.200 e. The average molecular weight is 265 g/mol. The predicted octanol–water partition coefficient (Wildman–Crippen LogP) is 4.03. The largest absolute Gasteiger partial charge is 0.203 e. The Morgan fingerprint density at radius 1 is 0.733 bits per heavy atom. The number of benzene rings is 1. The number of hydrogen-bond acceptors (Lipinski definition) is 0. The Hall–Kier alpha value is -0.550. The van der Waals surface area contributed by atoms with Gasteiger partial charge in [0.05, 0.1) is 5.56 Å². The van der Waals surface area contributed by atoms with E-state index in [0.29, 0.717) is 0 Å². The molecule has 1 aromatic carbocycles. The van der Waals surface area contributed by atoms with Crippen LogP contribution in [0.3, 0.4) is 0 Å². The molecular formula is C8H3Cl2F5. The molecule has 7 heteroatoms. The fourth-order valence-corrected chi connectivity index (χ4v) is 1.32. The number of hydrogen-bond donors (Lipinski definition) is 0. The van der Waals surface area contributed by atoms with E-state index in [9.17, 15) is 22.0 Å². The molecule has 0 aliphatic heterocycles. The van der Waals surface area contributed by atoms with Gasteiger partial charge in [0.2, 0.25) is 5.82 Å². The van der Waals surface area contributed by atoms with Gasteiger partial charge in [0, 0.05) is 0 Å². The Balaban J connectivity index is 3.68. The van der Waals surface area contributed by atoms with Crippen molar-refractivity contribution in [3.8, 4) is 0 Å². The minimum Gasteiger partial charge on any atom is -0.203 e. The molecule has 0 amide bonds. The Morgan fingerprint density at radius 2 is 1.00 bits per heavy atom. The summed E-state index contributed by atoms with van der Waals surface area (Å²) in [6.07, 6.45) is 0. The van der Waals surface area contributed by atoms with Crippen molar-refractivity contribution in [1.82, 2.24) is 0 Å².